The highest BCUT2D eigenvalue weighted by molar-refractivity contribution is 5.39. The Labute approximate surface area is 301 Å². The highest BCUT2D eigenvalue weighted by Crippen LogP contribution is 2.50. The van der Waals surface area contributed by atoms with E-state index in [2.05, 4.69) is 98.0 Å². The van der Waals surface area contributed by atoms with Crippen molar-refractivity contribution >= 4 is 0 Å². The highest BCUT2D eigenvalue weighted by Gasteiger charge is 2.37. The molecule has 5 rings (SSSR count). The van der Waals surface area contributed by atoms with Crippen molar-refractivity contribution in [2.75, 3.05) is 0 Å². The molecule has 0 amide bonds. The maximum absolute atomic E-state index is 3.00. The van der Waals surface area contributed by atoms with Crippen LogP contribution in [0.4, 0.5) is 0 Å². The molecule has 3 aliphatic rings. The first-order valence-electron chi connectivity index (χ1n) is 20.7. The van der Waals surface area contributed by atoms with Gasteiger partial charge in [0.05, 0.1) is 0 Å². The summed E-state index contributed by atoms with van der Waals surface area (Å²) >= 11 is 0. The monoisotopic (exact) mass is 657 g/mol. The molecule has 0 heteroatoms. The second-order valence-electron chi connectivity index (χ2n) is 17.2. The summed E-state index contributed by atoms with van der Waals surface area (Å²) in [5, 5.41) is 0. The van der Waals surface area contributed by atoms with Gasteiger partial charge in [0.2, 0.25) is 0 Å². The SMILES string of the molecule is C=C.CC.CC1(CCCCCc2ccc(CCCCC3(C)CC3)cc2)CC1.CCc1cc(CCC(C)C)cc(C)c1CCCC1(C)CC1. The Morgan fingerprint density at radius 1 is 0.583 bits per heavy atom. The van der Waals surface area contributed by atoms with Crippen LogP contribution in [0.25, 0.3) is 0 Å². The molecule has 0 N–H and O–H groups in total. The average Bonchev–Trinajstić information content (AvgIpc) is 4.05. The molecule has 0 saturated heterocycles. The Morgan fingerprint density at radius 2 is 1.02 bits per heavy atom. The van der Waals surface area contributed by atoms with E-state index >= 15 is 0 Å². The molecule has 0 aliphatic heterocycles. The fourth-order valence-electron chi connectivity index (χ4n) is 7.14. The summed E-state index contributed by atoms with van der Waals surface area (Å²) in [5.41, 5.74) is 11.6. The van der Waals surface area contributed by atoms with Crippen molar-refractivity contribution in [1.82, 2.24) is 0 Å². The molecule has 48 heavy (non-hydrogen) atoms. The summed E-state index contributed by atoms with van der Waals surface area (Å²) < 4.78 is 0. The first-order valence-corrected chi connectivity index (χ1v) is 20.7. The van der Waals surface area contributed by atoms with Gasteiger partial charge in [-0.25, -0.2) is 0 Å². The van der Waals surface area contributed by atoms with E-state index in [1.165, 1.54) is 152 Å². The summed E-state index contributed by atoms with van der Waals surface area (Å²) in [6.07, 6.45) is 29.1. The van der Waals surface area contributed by atoms with Gasteiger partial charge < -0.3 is 0 Å². The largest absolute Gasteiger partial charge is 0.106 e. The van der Waals surface area contributed by atoms with E-state index in [1.54, 1.807) is 16.7 Å². The molecule has 0 spiro atoms. The van der Waals surface area contributed by atoms with Gasteiger partial charge in [-0.3, -0.25) is 0 Å². The molecule has 0 unspecified atom stereocenters. The number of unbranched alkanes of at least 4 members (excludes halogenated alkanes) is 3. The van der Waals surface area contributed by atoms with Crippen molar-refractivity contribution in [1.29, 1.82) is 0 Å². The number of rotatable bonds is 19. The zero-order valence-corrected chi connectivity index (χ0v) is 33.8. The van der Waals surface area contributed by atoms with Gasteiger partial charge in [0, 0.05) is 0 Å². The number of benzene rings is 2. The zero-order valence-electron chi connectivity index (χ0n) is 33.8. The molecule has 0 radical (unpaired) electrons. The summed E-state index contributed by atoms with van der Waals surface area (Å²) in [6, 6.07) is 14.4. The fourth-order valence-corrected chi connectivity index (χ4v) is 7.14. The Balaban J connectivity index is 0.000000304. The van der Waals surface area contributed by atoms with E-state index < -0.39 is 0 Å². The van der Waals surface area contributed by atoms with Crippen LogP contribution in [0.2, 0.25) is 0 Å². The van der Waals surface area contributed by atoms with Gasteiger partial charge >= 0.3 is 0 Å². The van der Waals surface area contributed by atoms with Gasteiger partial charge in [0.1, 0.15) is 0 Å². The normalized spacial score (nSPS) is 17.2. The van der Waals surface area contributed by atoms with Crippen molar-refractivity contribution in [2.24, 2.45) is 22.2 Å². The van der Waals surface area contributed by atoms with E-state index in [0.29, 0.717) is 5.41 Å². The lowest BCUT2D eigenvalue weighted by molar-refractivity contribution is 0.475. The van der Waals surface area contributed by atoms with Crippen molar-refractivity contribution in [2.45, 2.75) is 197 Å². The molecule has 2 aromatic carbocycles. The summed E-state index contributed by atoms with van der Waals surface area (Å²) in [6.45, 7) is 26.6. The third-order valence-corrected chi connectivity index (χ3v) is 11.8. The minimum atomic E-state index is 0.706. The van der Waals surface area contributed by atoms with Crippen LogP contribution in [0, 0.1) is 29.1 Å². The summed E-state index contributed by atoms with van der Waals surface area (Å²) in [5.74, 6) is 0.800. The Kier molecular flexibility index (Phi) is 18.9. The molecule has 3 saturated carbocycles. The van der Waals surface area contributed by atoms with Gasteiger partial charge in [-0.15, -0.1) is 13.2 Å². The number of aryl methyl sites for hydroxylation is 5. The van der Waals surface area contributed by atoms with E-state index in [4.69, 9.17) is 0 Å². The van der Waals surface area contributed by atoms with E-state index in [0.717, 1.165) is 16.7 Å². The van der Waals surface area contributed by atoms with Crippen LogP contribution in [-0.2, 0) is 32.1 Å². The molecule has 0 nitrogen and oxygen atoms in total. The molecule has 3 fully saturated rings. The van der Waals surface area contributed by atoms with Crippen LogP contribution in [0.3, 0.4) is 0 Å². The molecule has 0 atom stereocenters. The first-order chi connectivity index (χ1) is 23.0. The summed E-state index contributed by atoms with van der Waals surface area (Å²) in [4.78, 5) is 0. The van der Waals surface area contributed by atoms with Crippen LogP contribution in [0.1, 0.15) is 192 Å². The molecule has 3 aliphatic carbocycles. The van der Waals surface area contributed by atoms with Crippen LogP contribution < -0.4 is 0 Å². The maximum Gasteiger partial charge on any atom is -0.0273 e. The second-order valence-corrected chi connectivity index (χ2v) is 17.2. The van der Waals surface area contributed by atoms with E-state index in [-0.39, 0.29) is 0 Å². The zero-order chi connectivity index (χ0) is 35.6. The lowest BCUT2D eigenvalue weighted by Gasteiger charge is -2.16. The first kappa shape index (κ1) is 42.3. The molecule has 0 heterocycles. The molecular formula is C48H80. The average molecular weight is 657 g/mol. The number of hydrogen-bond acceptors (Lipinski definition) is 0. The van der Waals surface area contributed by atoms with Gasteiger partial charge in [0.15, 0.2) is 0 Å². The van der Waals surface area contributed by atoms with Gasteiger partial charge in [-0.05, 0) is 178 Å². The third kappa shape index (κ3) is 16.7. The Hall–Kier alpha value is -1.82. The summed E-state index contributed by atoms with van der Waals surface area (Å²) in [7, 11) is 0. The molecule has 0 bridgehead atoms. The minimum Gasteiger partial charge on any atom is -0.106 e. The Morgan fingerprint density at radius 3 is 1.46 bits per heavy atom. The molecular weight excluding hydrogens is 577 g/mol. The van der Waals surface area contributed by atoms with Crippen molar-refractivity contribution in [3.05, 3.63) is 82.9 Å². The van der Waals surface area contributed by atoms with Crippen molar-refractivity contribution in [3.63, 3.8) is 0 Å². The quantitative estimate of drug-likeness (QED) is 0.104. The molecule has 272 valence electrons. The smallest absolute Gasteiger partial charge is 0.0273 e. The van der Waals surface area contributed by atoms with Crippen LogP contribution in [0.5, 0.6) is 0 Å². The van der Waals surface area contributed by atoms with Crippen LogP contribution in [0.15, 0.2) is 49.6 Å². The lowest BCUT2D eigenvalue weighted by atomic mass is 9.89. The van der Waals surface area contributed by atoms with E-state index in [9.17, 15) is 0 Å². The van der Waals surface area contributed by atoms with Crippen molar-refractivity contribution in [3.8, 4) is 0 Å². The lowest BCUT2D eigenvalue weighted by Crippen LogP contribution is -2.02. The maximum atomic E-state index is 3.00. The minimum absolute atomic E-state index is 0.706. The van der Waals surface area contributed by atoms with E-state index in [1.807, 2.05) is 13.8 Å². The highest BCUT2D eigenvalue weighted by atomic mass is 14.4. The third-order valence-electron chi connectivity index (χ3n) is 11.8. The van der Waals surface area contributed by atoms with Crippen LogP contribution in [-0.4, -0.2) is 0 Å². The fraction of sp³-hybridized carbons (Fsp3) is 0.708. The molecule has 0 aromatic heterocycles. The number of hydrogen-bond donors (Lipinski definition) is 0. The van der Waals surface area contributed by atoms with Crippen molar-refractivity contribution < 1.29 is 0 Å². The molecule has 2 aromatic rings. The van der Waals surface area contributed by atoms with Gasteiger partial charge in [-0.1, -0.05) is 111 Å². The predicted molar refractivity (Wildman–Crippen MR) is 217 cm³/mol. The predicted octanol–water partition coefficient (Wildman–Crippen LogP) is 15.2. The topological polar surface area (TPSA) is 0 Å². The Bertz CT molecular complexity index is 1140. The van der Waals surface area contributed by atoms with Gasteiger partial charge in [-0.2, -0.15) is 0 Å². The second kappa shape index (κ2) is 21.4. The van der Waals surface area contributed by atoms with Crippen LogP contribution >= 0.6 is 0 Å². The standard InChI is InChI=1S/C23H36.C21H34.C2H6.C2H4/c1-22(16-17-22)14-6-3-4-8-20-10-12-21(13-11-20)9-5-7-15-23(2)18-19-23;1-6-19-15-18(10-9-16(2)3)14-17(4)20(19)8-7-11-21(5)12-13-21;2*1-2/h10-13H,3-9,14-19H2,1-2H3;14-16H,6-13H2,1-5H3;1-2H3;1-2H2. The van der Waals surface area contributed by atoms with Gasteiger partial charge in [0.25, 0.3) is 0 Å².